The number of amides is 6. The largest absolute Gasteiger partial charge is 0.465 e. The molecule has 10 atom stereocenters. The van der Waals surface area contributed by atoms with E-state index in [0.29, 0.717) is 73.0 Å². The number of carbonyl (C=O) groups excluding carboxylic acids is 4. The van der Waals surface area contributed by atoms with Crippen LogP contribution in [0.1, 0.15) is 114 Å². The highest BCUT2D eigenvalue weighted by molar-refractivity contribution is 7.10. The Balaban J connectivity index is 1.28. The predicted molar refractivity (Wildman–Crippen MR) is 235 cm³/mol. The number of primary amides is 2. The molecule has 3 saturated heterocycles. The minimum atomic E-state index is -1.69. The van der Waals surface area contributed by atoms with Crippen LogP contribution in [0.2, 0.25) is 0 Å². The van der Waals surface area contributed by atoms with Crippen LogP contribution in [0.4, 0.5) is 15.3 Å². The van der Waals surface area contributed by atoms with Crippen LogP contribution in [0.5, 0.6) is 0 Å². The molecule has 2 aromatic heterocycles. The molecule has 5 aliphatic heterocycles. The summed E-state index contributed by atoms with van der Waals surface area (Å²) in [6, 6.07) is 7.19. The van der Waals surface area contributed by atoms with Crippen LogP contribution in [-0.2, 0) is 46.5 Å². The number of hydrogen-bond donors (Lipinski definition) is 6. The standard InChI is InChI=1S/C44H57N9O8S2/c1-22(32(45)54)41(6)30-20-62-36(47-30)43(41,34(56)49-38(58)59)51-18-8-10-26(51)28-16-17-29(53(28)25-14-12-24(13-15-25)40(3,4)5)27-11-9-19-52(27)44(35(57)50-39(60)61)37-48-31(21-63-37)42(44,7)23(2)33(46)55/h12-15,20-23,26-29H,8-11,16-19H2,1-7H3,(H2,45,54)(H2,46,55)(H,49,56)(H,50,57)(H,58,59)(H,60,61)/t22?,23?,26?,27?,28-,29-,41-,42-,43+,44+/m1/s1. The number of thiazole rings is 2. The van der Waals surface area contributed by atoms with Crippen molar-refractivity contribution in [2.45, 2.75) is 138 Å². The number of rotatable bonds is 11. The van der Waals surface area contributed by atoms with Gasteiger partial charge in [-0.3, -0.25) is 39.6 Å². The first-order valence-electron chi connectivity index (χ1n) is 21.6. The molecule has 6 amide bonds. The van der Waals surface area contributed by atoms with Crippen molar-refractivity contribution in [3.05, 3.63) is 62.0 Å². The van der Waals surface area contributed by atoms with E-state index in [1.807, 2.05) is 10.8 Å². The van der Waals surface area contributed by atoms with E-state index in [0.717, 1.165) is 11.3 Å². The van der Waals surface area contributed by atoms with Gasteiger partial charge in [0.2, 0.25) is 11.8 Å². The summed E-state index contributed by atoms with van der Waals surface area (Å²) >= 11 is 2.52. The molecule has 4 unspecified atom stereocenters. The molecule has 0 spiro atoms. The SMILES string of the molecule is CC(C(N)=O)[C@]1(C)c2csc(n2)[C@]1(C(=O)NC(=O)O)N1CCCC1[C@H]1CC[C@H](C2CCCN2[C@@]2(C(=O)NC(=O)O)c3nc(cs3)[C@@]2(C)C(C)C(N)=O)N1c1ccc(C(C)(C)C)cc1. The maximum atomic E-state index is 14.8. The van der Waals surface area contributed by atoms with Crippen LogP contribution >= 0.6 is 22.7 Å². The molecule has 17 nitrogen and oxygen atoms in total. The van der Waals surface area contributed by atoms with Gasteiger partial charge in [0.15, 0.2) is 11.1 Å². The summed E-state index contributed by atoms with van der Waals surface area (Å²) < 4.78 is 0. The normalized spacial score (nSPS) is 32.5. The van der Waals surface area contributed by atoms with Gasteiger partial charge >= 0.3 is 12.2 Å². The quantitative estimate of drug-likeness (QED) is 0.157. The van der Waals surface area contributed by atoms with E-state index >= 15 is 0 Å². The van der Waals surface area contributed by atoms with Crippen molar-refractivity contribution >= 4 is 64.2 Å². The van der Waals surface area contributed by atoms with Crippen molar-refractivity contribution in [2.75, 3.05) is 18.0 Å². The molecule has 0 aliphatic carbocycles. The van der Waals surface area contributed by atoms with E-state index in [-0.39, 0.29) is 29.6 Å². The van der Waals surface area contributed by atoms with Gasteiger partial charge < -0.3 is 26.6 Å². The summed E-state index contributed by atoms with van der Waals surface area (Å²) in [6.45, 7) is 14.2. The molecule has 4 bridgehead atoms. The Morgan fingerprint density at radius 2 is 1.10 bits per heavy atom. The van der Waals surface area contributed by atoms with Crippen molar-refractivity contribution in [1.29, 1.82) is 0 Å². The highest BCUT2D eigenvalue weighted by Crippen LogP contribution is 2.62. The number of carboxylic acid groups (broad SMARTS) is 2. The molecule has 0 radical (unpaired) electrons. The summed E-state index contributed by atoms with van der Waals surface area (Å²) in [5.74, 6) is -4.70. The Labute approximate surface area is 374 Å². The molecule has 8 N–H and O–H groups in total. The molecular weight excluding hydrogens is 847 g/mol. The van der Waals surface area contributed by atoms with Gasteiger partial charge in [0, 0.05) is 65.5 Å². The van der Waals surface area contributed by atoms with E-state index in [2.05, 4.69) is 70.4 Å². The van der Waals surface area contributed by atoms with Gasteiger partial charge in [-0.05, 0) is 61.6 Å². The zero-order chi connectivity index (χ0) is 45.8. The Hall–Kier alpha value is -4.98. The number of imide groups is 2. The monoisotopic (exact) mass is 903 g/mol. The number of nitrogens with zero attached hydrogens (tertiary/aromatic N) is 5. The fourth-order valence-corrected chi connectivity index (χ4v) is 14.8. The number of hydrogen-bond acceptors (Lipinski definition) is 13. The summed E-state index contributed by atoms with van der Waals surface area (Å²) in [6.07, 6.45) is 0.870. The Morgan fingerprint density at radius 1 is 0.698 bits per heavy atom. The average Bonchev–Trinajstić information content (AvgIpc) is 4.07. The third kappa shape index (κ3) is 6.11. The highest BCUT2D eigenvalue weighted by atomic mass is 32.1. The fraction of sp³-hybridized carbons (Fsp3) is 0.591. The van der Waals surface area contributed by atoms with Gasteiger partial charge in [-0.15, -0.1) is 22.7 Å². The lowest BCUT2D eigenvalue weighted by atomic mass is 9.61. The number of anilines is 1. The minimum Gasteiger partial charge on any atom is -0.465 e. The second-order valence-electron chi connectivity index (χ2n) is 19.4. The first-order valence-corrected chi connectivity index (χ1v) is 23.4. The molecular formula is C44H57N9O8S2. The maximum Gasteiger partial charge on any atom is 0.411 e. The number of nitrogens with two attached hydrogens (primary N) is 2. The minimum absolute atomic E-state index is 0.145. The molecule has 3 aromatic rings. The second kappa shape index (κ2) is 15.3. The van der Waals surface area contributed by atoms with Crippen molar-refractivity contribution in [2.24, 2.45) is 23.3 Å². The van der Waals surface area contributed by atoms with Crippen LogP contribution in [0, 0.1) is 11.8 Å². The lowest BCUT2D eigenvalue weighted by Crippen LogP contribution is -2.71. The topological polar surface area (TPSA) is 254 Å². The van der Waals surface area contributed by atoms with Gasteiger partial charge in [-0.1, -0.05) is 60.6 Å². The van der Waals surface area contributed by atoms with Crippen molar-refractivity contribution in [1.82, 2.24) is 30.4 Å². The first-order chi connectivity index (χ1) is 29.6. The molecule has 19 heteroatoms. The maximum absolute atomic E-state index is 14.8. The number of fused-ring (bicyclic) bond motifs is 4. The van der Waals surface area contributed by atoms with Gasteiger partial charge in [0.25, 0.3) is 11.8 Å². The van der Waals surface area contributed by atoms with Crippen LogP contribution < -0.4 is 27.0 Å². The number of nitrogens with one attached hydrogen (secondary N) is 2. The van der Waals surface area contributed by atoms with Crippen LogP contribution in [0.15, 0.2) is 35.0 Å². The Kier molecular flexibility index (Phi) is 10.9. The average molecular weight is 904 g/mol. The third-order valence-electron chi connectivity index (χ3n) is 15.7. The Morgan fingerprint density at radius 3 is 1.44 bits per heavy atom. The van der Waals surface area contributed by atoms with E-state index in [9.17, 15) is 39.0 Å². The number of aromatic nitrogens is 2. The first kappa shape index (κ1) is 44.6. The number of benzene rings is 1. The highest BCUT2D eigenvalue weighted by Gasteiger charge is 2.73. The summed E-state index contributed by atoms with van der Waals surface area (Å²) in [7, 11) is 0. The van der Waals surface area contributed by atoms with Gasteiger partial charge in [0.05, 0.1) is 22.2 Å². The molecule has 1 aromatic carbocycles. The van der Waals surface area contributed by atoms with Crippen molar-refractivity contribution < 1.29 is 39.0 Å². The number of likely N-dealkylation sites (tertiary alicyclic amines) is 2. The molecule has 338 valence electrons. The van der Waals surface area contributed by atoms with E-state index < -0.39 is 69.6 Å². The smallest absolute Gasteiger partial charge is 0.411 e. The summed E-state index contributed by atoms with van der Waals surface area (Å²) in [5.41, 5.74) is 8.95. The molecule has 7 heterocycles. The third-order valence-corrected chi connectivity index (χ3v) is 17.6. The van der Waals surface area contributed by atoms with Gasteiger partial charge in [-0.25, -0.2) is 19.6 Å². The molecule has 3 fully saturated rings. The van der Waals surface area contributed by atoms with Crippen LogP contribution in [0.3, 0.4) is 0 Å². The van der Waals surface area contributed by atoms with E-state index in [1.165, 1.54) is 22.7 Å². The van der Waals surface area contributed by atoms with Crippen LogP contribution in [0.25, 0.3) is 0 Å². The molecule has 0 saturated carbocycles. The van der Waals surface area contributed by atoms with Crippen molar-refractivity contribution in [3.8, 4) is 0 Å². The van der Waals surface area contributed by atoms with Crippen LogP contribution in [-0.4, -0.2) is 103 Å². The zero-order valence-electron chi connectivity index (χ0n) is 36.6. The zero-order valence-corrected chi connectivity index (χ0v) is 38.3. The van der Waals surface area contributed by atoms with Gasteiger partial charge in [0.1, 0.15) is 10.0 Å². The van der Waals surface area contributed by atoms with E-state index in [4.69, 9.17) is 21.4 Å². The van der Waals surface area contributed by atoms with Gasteiger partial charge in [-0.2, -0.15) is 0 Å². The molecule has 63 heavy (non-hydrogen) atoms. The van der Waals surface area contributed by atoms with Crippen molar-refractivity contribution in [3.63, 3.8) is 0 Å². The predicted octanol–water partition coefficient (Wildman–Crippen LogP) is 4.33. The lowest BCUT2D eigenvalue weighted by molar-refractivity contribution is -0.146. The fourth-order valence-electron chi connectivity index (χ4n) is 12.3. The lowest BCUT2D eigenvalue weighted by Gasteiger charge is -2.54. The second-order valence-corrected chi connectivity index (χ2v) is 21.1. The van der Waals surface area contributed by atoms with E-state index in [1.54, 1.807) is 27.7 Å². The Bertz CT molecular complexity index is 2250. The summed E-state index contributed by atoms with van der Waals surface area (Å²) in [5, 5.41) is 28.9. The summed E-state index contributed by atoms with van der Waals surface area (Å²) in [4.78, 5) is 97.1. The molecule has 8 rings (SSSR count). The number of carbonyl (C=O) groups is 6. The molecule has 5 aliphatic rings.